The minimum atomic E-state index is -1.82. The lowest BCUT2D eigenvalue weighted by Crippen LogP contribution is -2.65. The highest BCUT2D eigenvalue weighted by Gasteiger charge is 2.68. The Morgan fingerprint density at radius 3 is 2.44 bits per heavy atom. The summed E-state index contributed by atoms with van der Waals surface area (Å²) in [5.41, 5.74) is -2.16. The molecule has 0 bridgehead atoms. The van der Waals surface area contributed by atoms with Gasteiger partial charge in [0.05, 0.1) is 6.10 Å². The molecular formula is C29H47FO2. The number of aliphatic hydroxyl groups excluding tert-OH is 1. The molecule has 4 fully saturated rings. The molecule has 0 saturated heterocycles. The number of aliphatic hydroxyl groups is 1. The number of rotatable bonds is 5. The Hall–Kier alpha value is -0.700. The van der Waals surface area contributed by atoms with Crippen molar-refractivity contribution in [3.05, 3.63) is 12.2 Å². The summed E-state index contributed by atoms with van der Waals surface area (Å²) in [6.07, 6.45) is 11.8. The summed E-state index contributed by atoms with van der Waals surface area (Å²) in [5.74, 6) is 3.46. The van der Waals surface area contributed by atoms with Crippen LogP contribution in [0.2, 0.25) is 0 Å². The Balaban J connectivity index is 1.56. The van der Waals surface area contributed by atoms with Gasteiger partial charge in [-0.3, -0.25) is 4.79 Å². The largest absolute Gasteiger partial charge is 0.393 e. The minimum absolute atomic E-state index is 0.0202. The topological polar surface area (TPSA) is 37.3 Å². The highest BCUT2D eigenvalue weighted by molar-refractivity contribution is 5.89. The minimum Gasteiger partial charge on any atom is -0.393 e. The van der Waals surface area contributed by atoms with Crippen LogP contribution in [-0.4, -0.2) is 22.7 Å². The summed E-state index contributed by atoms with van der Waals surface area (Å²) in [4.78, 5) is 13.2. The van der Waals surface area contributed by atoms with Crippen molar-refractivity contribution in [2.45, 2.75) is 111 Å². The molecule has 0 spiro atoms. The average molecular weight is 447 g/mol. The van der Waals surface area contributed by atoms with Crippen LogP contribution in [-0.2, 0) is 4.79 Å². The molecule has 182 valence electrons. The van der Waals surface area contributed by atoms with Gasteiger partial charge in [-0.2, -0.15) is 0 Å². The molecule has 0 radical (unpaired) electrons. The summed E-state index contributed by atoms with van der Waals surface area (Å²) >= 11 is 0. The molecule has 3 heteroatoms. The lowest BCUT2D eigenvalue weighted by Gasteiger charge is -2.62. The van der Waals surface area contributed by atoms with Gasteiger partial charge in [-0.15, -0.1) is 0 Å². The second kappa shape index (κ2) is 8.51. The van der Waals surface area contributed by atoms with Crippen molar-refractivity contribution >= 4 is 5.78 Å². The van der Waals surface area contributed by atoms with Crippen LogP contribution in [0.1, 0.15) is 99.3 Å². The number of fused-ring (bicyclic) bond motifs is 5. The maximum absolute atomic E-state index is 16.2. The van der Waals surface area contributed by atoms with E-state index in [2.05, 4.69) is 46.8 Å². The van der Waals surface area contributed by atoms with Crippen molar-refractivity contribution in [3.8, 4) is 0 Å². The molecule has 32 heavy (non-hydrogen) atoms. The lowest BCUT2D eigenvalue weighted by atomic mass is 9.43. The van der Waals surface area contributed by atoms with E-state index in [1.54, 1.807) is 0 Å². The predicted molar refractivity (Wildman–Crippen MR) is 129 cm³/mol. The fourth-order valence-corrected chi connectivity index (χ4v) is 9.16. The molecule has 0 unspecified atom stereocenters. The molecule has 4 aliphatic rings. The number of halogens is 1. The van der Waals surface area contributed by atoms with Gasteiger partial charge in [0, 0.05) is 18.3 Å². The molecule has 1 N–H and O–H groups in total. The van der Waals surface area contributed by atoms with E-state index in [1.165, 1.54) is 19.3 Å². The second-order valence-corrected chi connectivity index (χ2v) is 12.9. The monoisotopic (exact) mass is 446 g/mol. The van der Waals surface area contributed by atoms with Gasteiger partial charge in [0.2, 0.25) is 0 Å². The van der Waals surface area contributed by atoms with Crippen LogP contribution in [0.4, 0.5) is 4.39 Å². The van der Waals surface area contributed by atoms with Crippen LogP contribution in [0.3, 0.4) is 0 Å². The highest BCUT2D eigenvalue weighted by atomic mass is 19.1. The zero-order chi connectivity index (χ0) is 23.5. The van der Waals surface area contributed by atoms with E-state index in [-0.39, 0.29) is 23.5 Å². The van der Waals surface area contributed by atoms with Crippen LogP contribution < -0.4 is 0 Å². The molecule has 0 aromatic rings. The fraction of sp³-hybridized carbons (Fsp3) is 0.897. The number of hydrogen-bond acceptors (Lipinski definition) is 2. The van der Waals surface area contributed by atoms with Crippen LogP contribution in [0.5, 0.6) is 0 Å². The zero-order valence-electron chi connectivity index (χ0n) is 21.4. The maximum Gasteiger partial charge on any atom is 0.176 e. The van der Waals surface area contributed by atoms with Gasteiger partial charge in [0.1, 0.15) is 0 Å². The molecule has 2 nitrogen and oxygen atoms in total. The van der Waals surface area contributed by atoms with E-state index in [0.717, 1.165) is 12.8 Å². The van der Waals surface area contributed by atoms with E-state index in [0.29, 0.717) is 54.8 Å². The third kappa shape index (κ3) is 3.55. The van der Waals surface area contributed by atoms with Gasteiger partial charge < -0.3 is 5.11 Å². The third-order valence-corrected chi connectivity index (χ3v) is 11.2. The Morgan fingerprint density at radius 2 is 1.78 bits per heavy atom. The number of carbonyl (C=O) groups excluding carboxylic acids is 1. The molecule has 4 aliphatic carbocycles. The molecule has 0 aromatic heterocycles. The van der Waals surface area contributed by atoms with Crippen molar-refractivity contribution < 1.29 is 14.3 Å². The Labute approximate surface area is 195 Å². The number of Topliss-reactive ketones (excluding diaryl/α,β-unsaturated/α-hetero) is 1. The molecule has 0 aromatic carbocycles. The molecule has 0 heterocycles. The predicted octanol–water partition coefficient (Wildman–Crippen LogP) is 7.15. The quantitative estimate of drug-likeness (QED) is 0.455. The van der Waals surface area contributed by atoms with Gasteiger partial charge in [-0.1, -0.05) is 53.7 Å². The molecule has 10 atom stereocenters. The van der Waals surface area contributed by atoms with Gasteiger partial charge in [0.25, 0.3) is 0 Å². The maximum atomic E-state index is 16.2. The highest BCUT2D eigenvalue weighted by Crippen LogP contribution is 2.69. The standard InChI is InChI=1S/C29H47FO2/c1-7-20(18(2)3)9-8-19(4)23-10-11-24-22-16-26(32)29(30)17-21(31)12-15-28(29,6)25(22)13-14-27(23,24)5/h8-9,18-25,31H,7,10-17H2,1-6H3/b9-8+/t19-,20-,21-,22+,23-,24+,25+,27-,28-,29+/m1/s1. The van der Waals surface area contributed by atoms with Crippen LogP contribution in [0.15, 0.2) is 12.2 Å². The van der Waals surface area contributed by atoms with E-state index < -0.39 is 17.2 Å². The number of hydrogen-bond donors (Lipinski definition) is 1. The second-order valence-electron chi connectivity index (χ2n) is 12.9. The lowest BCUT2D eigenvalue weighted by molar-refractivity contribution is -0.191. The van der Waals surface area contributed by atoms with Crippen LogP contribution in [0.25, 0.3) is 0 Å². The van der Waals surface area contributed by atoms with E-state index in [9.17, 15) is 9.90 Å². The molecular weight excluding hydrogens is 399 g/mol. The average Bonchev–Trinajstić information content (AvgIpc) is 3.08. The molecule has 0 amide bonds. The first-order chi connectivity index (χ1) is 15.0. The Bertz CT molecular complexity index is 745. The van der Waals surface area contributed by atoms with Crippen molar-refractivity contribution in [3.63, 3.8) is 0 Å². The summed E-state index contributed by atoms with van der Waals surface area (Å²) < 4.78 is 16.2. The number of allylic oxidation sites excluding steroid dienone is 2. The van der Waals surface area contributed by atoms with E-state index in [4.69, 9.17) is 0 Å². The summed E-state index contributed by atoms with van der Waals surface area (Å²) in [5, 5.41) is 10.2. The first kappa shape index (κ1) is 24.4. The SMILES string of the molecule is CC[C@H](/C=C/[C@@H](C)[C@H]1CC[C@H]2[C@@H]3CC(=O)[C@@]4(F)C[C@H](O)CC[C@]4(C)[C@H]3CC[C@]12C)C(C)C. The van der Waals surface area contributed by atoms with E-state index >= 15 is 4.39 Å². The van der Waals surface area contributed by atoms with Crippen LogP contribution >= 0.6 is 0 Å². The third-order valence-electron chi connectivity index (χ3n) is 11.2. The summed E-state index contributed by atoms with van der Waals surface area (Å²) in [6.45, 7) is 13.8. The summed E-state index contributed by atoms with van der Waals surface area (Å²) in [7, 11) is 0. The van der Waals surface area contributed by atoms with Crippen molar-refractivity contribution in [1.29, 1.82) is 0 Å². The smallest absolute Gasteiger partial charge is 0.176 e. The number of carbonyl (C=O) groups is 1. The number of ketones is 1. The fourth-order valence-electron chi connectivity index (χ4n) is 9.16. The first-order valence-corrected chi connectivity index (χ1v) is 13.6. The van der Waals surface area contributed by atoms with Gasteiger partial charge >= 0.3 is 0 Å². The normalized spacial score (nSPS) is 48.4. The first-order valence-electron chi connectivity index (χ1n) is 13.6. The Kier molecular flexibility index (Phi) is 6.49. The van der Waals surface area contributed by atoms with Gasteiger partial charge in [0.15, 0.2) is 11.5 Å². The van der Waals surface area contributed by atoms with Gasteiger partial charge in [-0.05, 0) is 91.8 Å². The van der Waals surface area contributed by atoms with E-state index in [1.807, 2.05) is 6.92 Å². The molecule has 4 saturated carbocycles. The van der Waals surface area contributed by atoms with Crippen LogP contribution in [0, 0.1) is 52.3 Å². The van der Waals surface area contributed by atoms with Crippen molar-refractivity contribution in [1.82, 2.24) is 0 Å². The number of alkyl halides is 1. The van der Waals surface area contributed by atoms with Crippen molar-refractivity contribution in [2.24, 2.45) is 52.3 Å². The molecule has 4 rings (SSSR count). The van der Waals surface area contributed by atoms with Crippen molar-refractivity contribution in [2.75, 3.05) is 0 Å². The summed E-state index contributed by atoms with van der Waals surface area (Å²) in [6, 6.07) is 0. The Morgan fingerprint density at radius 1 is 1.06 bits per heavy atom. The van der Waals surface area contributed by atoms with Gasteiger partial charge in [-0.25, -0.2) is 4.39 Å². The zero-order valence-corrected chi connectivity index (χ0v) is 21.4. The molecule has 0 aliphatic heterocycles.